The maximum atomic E-state index is 13.7. The molecule has 0 saturated carbocycles. The van der Waals surface area contributed by atoms with Gasteiger partial charge in [-0.3, -0.25) is 0 Å². The molecule has 1 unspecified atom stereocenters. The van der Waals surface area contributed by atoms with Crippen molar-refractivity contribution in [2.24, 2.45) is 0 Å². The van der Waals surface area contributed by atoms with Crippen molar-refractivity contribution in [1.82, 2.24) is 4.72 Å². The van der Waals surface area contributed by atoms with Gasteiger partial charge in [0, 0.05) is 11.4 Å². The fourth-order valence-electron chi connectivity index (χ4n) is 2.52. The van der Waals surface area contributed by atoms with Crippen molar-refractivity contribution in [3.63, 3.8) is 0 Å². The summed E-state index contributed by atoms with van der Waals surface area (Å²) in [5.74, 6) is -0.815. The van der Waals surface area contributed by atoms with Gasteiger partial charge in [0.15, 0.2) is 11.6 Å². The molecular weight excluding hydrogens is 389 g/mol. The maximum absolute atomic E-state index is 13.7. The van der Waals surface area contributed by atoms with Gasteiger partial charge in [0.25, 0.3) is 0 Å². The van der Waals surface area contributed by atoms with Crippen LogP contribution in [0.3, 0.4) is 0 Å². The summed E-state index contributed by atoms with van der Waals surface area (Å²) in [7, 11) is -2.66. The molecule has 1 aromatic heterocycles. The van der Waals surface area contributed by atoms with E-state index in [4.69, 9.17) is 4.74 Å². The second kappa shape index (κ2) is 8.18. The highest BCUT2D eigenvalue weighted by Crippen LogP contribution is 2.26. The normalized spacial score (nSPS) is 12.7. The molecule has 1 atom stereocenters. The lowest BCUT2D eigenvalue weighted by Gasteiger charge is -2.13. The van der Waals surface area contributed by atoms with Gasteiger partial charge in [0.2, 0.25) is 10.0 Å². The van der Waals surface area contributed by atoms with E-state index in [1.54, 1.807) is 23.5 Å². The van der Waals surface area contributed by atoms with Crippen LogP contribution in [0.4, 0.5) is 4.39 Å². The van der Waals surface area contributed by atoms with Crippen LogP contribution < -0.4 is 9.46 Å². The monoisotopic (exact) mass is 407 g/mol. The van der Waals surface area contributed by atoms with E-state index >= 15 is 0 Å². The number of benzene rings is 2. The van der Waals surface area contributed by atoms with Crippen LogP contribution in [0.5, 0.6) is 5.75 Å². The Morgan fingerprint density at radius 2 is 1.93 bits per heavy atom. The Morgan fingerprint density at radius 1 is 1.19 bits per heavy atom. The molecule has 0 fully saturated rings. The molecule has 0 aliphatic rings. The number of halogens is 1. The number of sulfonamides is 1. The first kappa shape index (κ1) is 19.5. The standard InChI is InChI=1S/C19H18FNO4S2/c1-25-18-9-8-15(11-16(18)20)27(23,24)21-12-17(22)13-4-6-14(7-5-13)19-3-2-10-26-19/h2-11,17,21-22H,12H2,1H3. The number of methoxy groups -OCH3 is 1. The predicted molar refractivity (Wildman–Crippen MR) is 103 cm³/mol. The Balaban J connectivity index is 1.67. The lowest BCUT2D eigenvalue weighted by Crippen LogP contribution is -2.28. The fourth-order valence-corrected chi connectivity index (χ4v) is 4.30. The van der Waals surface area contributed by atoms with E-state index in [1.165, 1.54) is 19.2 Å². The molecular formula is C19H18FNO4S2. The van der Waals surface area contributed by atoms with Crippen molar-refractivity contribution in [2.75, 3.05) is 13.7 Å². The van der Waals surface area contributed by atoms with E-state index in [1.807, 2.05) is 29.6 Å². The van der Waals surface area contributed by atoms with E-state index in [9.17, 15) is 17.9 Å². The molecule has 0 aliphatic carbocycles. The molecule has 2 aromatic carbocycles. The molecule has 2 N–H and O–H groups in total. The molecule has 1 heterocycles. The molecule has 8 heteroatoms. The first-order valence-corrected chi connectivity index (χ1v) is 10.4. The van der Waals surface area contributed by atoms with Crippen molar-refractivity contribution in [3.05, 3.63) is 71.4 Å². The van der Waals surface area contributed by atoms with E-state index in [0.29, 0.717) is 5.56 Å². The van der Waals surface area contributed by atoms with Crippen molar-refractivity contribution in [3.8, 4) is 16.2 Å². The molecule has 0 saturated heterocycles. The zero-order valence-corrected chi connectivity index (χ0v) is 16.1. The van der Waals surface area contributed by atoms with Gasteiger partial charge in [-0.1, -0.05) is 30.3 Å². The Kier molecular flexibility index (Phi) is 5.91. The summed E-state index contributed by atoms with van der Waals surface area (Å²) in [5.41, 5.74) is 1.61. The number of ether oxygens (including phenoxy) is 1. The fraction of sp³-hybridized carbons (Fsp3) is 0.158. The van der Waals surface area contributed by atoms with Crippen molar-refractivity contribution in [2.45, 2.75) is 11.0 Å². The van der Waals surface area contributed by atoms with Crippen LogP contribution in [0.2, 0.25) is 0 Å². The number of aliphatic hydroxyl groups is 1. The average Bonchev–Trinajstić information content (AvgIpc) is 3.21. The lowest BCUT2D eigenvalue weighted by molar-refractivity contribution is 0.182. The van der Waals surface area contributed by atoms with Crippen molar-refractivity contribution >= 4 is 21.4 Å². The quantitative estimate of drug-likeness (QED) is 0.628. The minimum atomic E-state index is -3.96. The van der Waals surface area contributed by atoms with Crippen molar-refractivity contribution < 1.29 is 22.7 Å². The summed E-state index contributed by atoms with van der Waals surface area (Å²) in [5, 5.41) is 12.3. The van der Waals surface area contributed by atoms with Crippen LogP contribution in [0.25, 0.3) is 10.4 Å². The number of hydrogen-bond acceptors (Lipinski definition) is 5. The molecule has 3 aromatic rings. The van der Waals surface area contributed by atoms with Gasteiger partial charge >= 0.3 is 0 Å². The summed E-state index contributed by atoms with van der Waals surface area (Å²) in [6.45, 7) is -0.228. The van der Waals surface area contributed by atoms with Gasteiger partial charge in [-0.05, 0) is 40.8 Å². The Bertz CT molecular complexity index is 1000. The number of thiophene rings is 1. The minimum Gasteiger partial charge on any atom is -0.494 e. The van der Waals surface area contributed by atoms with Crippen LogP contribution in [0.1, 0.15) is 11.7 Å². The zero-order chi connectivity index (χ0) is 19.4. The number of rotatable bonds is 7. The summed E-state index contributed by atoms with van der Waals surface area (Å²) in [6, 6.07) is 14.6. The Hall–Kier alpha value is -2.26. The summed E-state index contributed by atoms with van der Waals surface area (Å²) < 4.78 is 45.4. The molecule has 0 spiro atoms. The van der Waals surface area contributed by atoms with Crippen LogP contribution >= 0.6 is 11.3 Å². The molecule has 0 aliphatic heterocycles. The number of aliphatic hydroxyl groups excluding tert-OH is 1. The third-order valence-corrected chi connectivity index (χ3v) is 6.34. The second-order valence-electron chi connectivity index (χ2n) is 5.76. The minimum absolute atomic E-state index is 0.0418. The second-order valence-corrected chi connectivity index (χ2v) is 8.48. The molecule has 0 amide bonds. The summed E-state index contributed by atoms with van der Waals surface area (Å²) in [4.78, 5) is 0.874. The Morgan fingerprint density at radius 3 is 2.52 bits per heavy atom. The Labute approximate surface area is 161 Å². The summed E-state index contributed by atoms with van der Waals surface area (Å²) >= 11 is 1.61. The van der Waals surface area contributed by atoms with E-state index in [2.05, 4.69) is 4.72 Å². The molecule has 27 heavy (non-hydrogen) atoms. The van der Waals surface area contributed by atoms with Gasteiger partial charge in [-0.15, -0.1) is 11.3 Å². The topological polar surface area (TPSA) is 75.6 Å². The van der Waals surface area contributed by atoms with Gasteiger partial charge < -0.3 is 9.84 Å². The van der Waals surface area contributed by atoms with Crippen LogP contribution in [0, 0.1) is 5.82 Å². The summed E-state index contributed by atoms with van der Waals surface area (Å²) in [6.07, 6.45) is -1.03. The largest absolute Gasteiger partial charge is 0.494 e. The molecule has 3 rings (SSSR count). The smallest absolute Gasteiger partial charge is 0.240 e. The van der Waals surface area contributed by atoms with Crippen LogP contribution in [-0.4, -0.2) is 27.2 Å². The molecule has 142 valence electrons. The highest BCUT2D eigenvalue weighted by Gasteiger charge is 2.18. The van der Waals surface area contributed by atoms with E-state index in [-0.39, 0.29) is 17.2 Å². The third kappa shape index (κ3) is 4.54. The van der Waals surface area contributed by atoms with E-state index in [0.717, 1.165) is 16.5 Å². The maximum Gasteiger partial charge on any atom is 0.240 e. The highest BCUT2D eigenvalue weighted by molar-refractivity contribution is 7.89. The van der Waals surface area contributed by atoms with Crippen LogP contribution in [-0.2, 0) is 10.0 Å². The average molecular weight is 407 g/mol. The lowest BCUT2D eigenvalue weighted by atomic mass is 10.1. The van der Waals surface area contributed by atoms with E-state index < -0.39 is 21.9 Å². The molecule has 0 radical (unpaired) electrons. The first-order valence-electron chi connectivity index (χ1n) is 8.06. The predicted octanol–water partition coefficient (Wildman–Crippen LogP) is 3.57. The third-order valence-electron chi connectivity index (χ3n) is 4.00. The molecule has 5 nitrogen and oxygen atoms in total. The zero-order valence-electron chi connectivity index (χ0n) is 14.4. The first-order chi connectivity index (χ1) is 12.9. The van der Waals surface area contributed by atoms with Gasteiger partial charge in [-0.25, -0.2) is 17.5 Å². The SMILES string of the molecule is COc1ccc(S(=O)(=O)NCC(O)c2ccc(-c3cccs3)cc2)cc1F. The molecule has 0 bridgehead atoms. The van der Waals surface area contributed by atoms with Crippen molar-refractivity contribution in [1.29, 1.82) is 0 Å². The van der Waals surface area contributed by atoms with Gasteiger partial charge in [0.05, 0.1) is 18.1 Å². The number of hydrogen-bond donors (Lipinski definition) is 2. The van der Waals surface area contributed by atoms with Gasteiger partial charge in [-0.2, -0.15) is 0 Å². The highest BCUT2D eigenvalue weighted by atomic mass is 32.2. The van der Waals surface area contributed by atoms with Crippen LogP contribution in [0.15, 0.2) is 64.9 Å². The number of nitrogens with one attached hydrogen (secondary N) is 1. The van der Waals surface area contributed by atoms with Gasteiger partial charge in [0.1, 0.15) is 0 Å².